The second-order valence-corrected chi connectivity index (χ2v) is 6.79. The first kappa shape index (κ1) is 20.0. The molecule has 0 heterocycles. The Morgan fingerprint density at radius 3 is 2.69 bits per heavy atom. The molecule has 0 saturated heterocycles. The molecule has 1 N–H and O–H groups in total. The van der Waals surface area contributed by atoms with E-state index in [-0.39, 0.29) is 17.5 Å². The van der Waals surface area contributed by atoms with Gasteiger partial charge in [0.25, 0.3) is 0 Å². The molecule has 0 spiro atoms. The number of thioether (sulfide) groups is 1. The van der Waals surface area contributed by atoms with Crippen LogP contribution in [0.4, 0.5) is 4.39 Å². The molecular formula is C20H22FNO3S. The molecule has 0 bridgehead atoms. The third-order valence-electron chi connectivity index (χ3n) is 3.80. The van der Waals surface area contributed by atoms with Crippen LogP contribution in [0.1, 0.15) is 28.4 Å². The maximum atomic E-state index is 13.1. The van der Waals surface area contributed by atoms with Crippen molar-refractivity contribution in [2.24, 2.45) is 0 Å². The van der Waals surface area contributed by atoms with Crippen molar-refractivity contribution in [1.29, 1.82) is 0 Å². The maximum absolute atomic E-state index is 13.1. The van der Waals surface area contributed by atoms with E-state index in [0.29, 0.717) is 35.8 Å². The lowest BCUT2D eigenvalue weighted by Crippen LogP contribution is -2.27. The number of ether oxygens (including phenoxy) is 1. The molecule has 0 atom stereocenters. The summed E-state index contributed by atoms with van der Waals surface area (Å²) in [7, 11) is 1.58. The topological polar surface area (TPSA) is 55.4 Å². The predicted octanol–water partition coefficient (Wildman–Crippen LogP) is 3.63. The number of halogens is 1. The molecule has 138 valence electrons. The maximum Gasteiger partial charge on any atom is 0.230 e. The number of hydrogen-bond donors (Lipinski definition) is 1. The fourth-order valence-corrected chi connectivity index (χ4v) is 3.29. The summed E-state index contributed by atoms with van der Waals surface area (Å²) < 4.78 is 18.4. The SMILES string of the molecule is COc1ccc(C(C)=O)cc1CSCC(=O)NCCc1cccc(F)c1. The molecule has 0 fully saturated rings. The number of nitrogens with one attached hydrogen (secondary N) is 1. The van der Waals surface area contributed by atoms with Gasteiger partial charge in [0.2, 0.25) is 5.91 Å². The van der Waals surface area contributed by atoms with E-state index in [2.05, 4.69) is 5.32 Å². The van der Waals surface area contributed by atoms with Gasteiger partial charge in [0.05, 0.1) is 12.9 Å². The van der Waals surface area contributed by atoms with Crippen LogP contribution in [0.25, 0.3) is 0 Å². The van der Waals surface area contributed by atoms with Crippen molar-refractivity contribution in [3.8, 4) is 5.75 Å². The van der Waals surface area contributed by atoms with E-state index in [1.54, 1.807) is 31.4 Å². The molecule has 2 aromatic carbocycles. The second kappa shape index (κ2) is 9.97. The molecule has 2 aromatic rings. The van der Waals surface area contributed by atoms with Gasteiger partial charge in [-0.1, -0.05) is 12.1 Å². The fraction of sp³-hybridized carbons (Fsp3) is 0.300. The Balaban J connectivity index is 1.77. The van der Waals surface area contributed by atoms with Gasteiger partial charge in [-0.25, -0.2) is 4.39 Å². The lowest BCUT2D eigenvalue weighted by atomic mass is 10.1. The quantitative estimate of drug-likeness (QED) is 0.680. The van der Waals surface area contributed by atoms with Crippen LogP contribution in [-0.4, -0.2) is 31.1 Å². The molecule has 6 heteroatoms. The van der Waals surface area contributed by atoms with Crippen molar-refractivity contribution in [2.75, 3.05) is 19.4 Å². The molecule has 0 aliphatic heterocycles. The Kier molecular flexibility index (Phi) is 7.66. The Bertz CT molecular complexity index is 779. The average Bonchev–Trinajstić information content (AvgIpc) is 2.61. The van der Waals surface area contributed by atoms with E-state index >= 15 is 0 Å². The number of benzene rings is 2. The van der Waals surface area contributed by atoms with Gasteiger partial charge in [0.1, 0.15) is 11.6 Å². The zero-order valence-electron chi connectivity index (χ0n) is 14.9. The first-order valence-electron chi connectivity index (χ1n) is 8.26. The van der Waals surface area contributed by atoms with Crippen molar-refractivity contribution < 1.29 is 18.7 Å². The molecule has 0 unspecified atom stereocenters. The van der Waals surface area contributed by atoms with Gasteiger partial charge in [0.15, 0.2) is 5.78 Å². The lowest BCUT2D eigenvalue weighted by Gasteiger charge is -2.10. The van der Waals surface area contributed by atoms with Crippen LogP contribution < -0.4 is 10.1 Å². The van der Waals surface area contributed by atoms with Crippen molar-refractivity contribution in [3.63, 3.8) is 0 Å². The summed E-state index contributed by atoms with van der Waals surface area (Å²) in [5.74, 6) is 1.22. The van der Waals surface area contributed by atoms with Gasteiger partial charge < -0.3 is 10.1 Å². The molecule has 0 aliphatic rings. The highest BCUT2D eigenvalue weighted by Gasteiger charge is 2.09. The summed E-state index contributed by atoms with van der Waals surface area (Å²) in [4.78, 5) is 23.4. The van der Waals surface area contributed by atoms with Crippen LogP contribution >= 0.6 is 11.8 Å². The molecule has 2 rings (SSSR count). The smallest absolute Gasteiger partial charge is 0.230 e. The molecule has 0 aromatic heterocycles. The average molecular weight is 375 g/mol. The van der Waals surface area contributed by atoms with Gasteiger partial charge in [-0.15, -0.1) is 11.8 Å². The summed E-state index contributed by atoms with van der Waals surface area (Å²) in [6.07, 6.45) is 0.586. The van der Waals surface area contributed by atoms with Gasteiger partial charge in [-0.2, -0.15) is 0 Å². The number of ketones is 1. The summed E-state index contributed by atoms with van der Waals surface area (Å²) >= 11 is 1.45. The summed E-state index contributed by atoms with van der Waals surface area (Å²) in [5.41, 5.74) is 2.36. The van der Waals surface area contributed by atoms with Gasteiger partial charge >= 0.3 is 0 Å². The molecule has 1 amide bonds. The normalized spacial score (nSPS) is 10.4. The Morgan fingerprint density at radius 1 is 1.19 bits per heavy atom. The summed E-state index contributed by atoms with van der Waals surface area (Å²) in [6, 6.07) is 11.7. The van der Waals surface area contributed by atoms with E-state index < -0.39 is 0 Å². The Hall–Kier alpha value is -2.34. The highest BCUT2D eigenvalue weighted by Crippen LogP contribution is 2.24. The van der Waals surface area contributed by atoms with Crippen molar-refractivity contribution in [3.05, 3.63) is 65.0 Å². The number of amides is 1. The fourth-order valence-electron chi connectivity index (χ4n) is 2.45. The van der Waals surface area contributed by atoms with Gasteiger partial charge in [-0.05, 0) is 49.2 Å². The number of rotatable bonds is 9. The minimum absolute atomic E-state index is 0.00556. The van der Waals surface area contributed by atoms with Gasteiger partial charge in [-0.3, -0.25) is 9.59 Å². The zero-order valence-corrected chi connectivity index (χ0v) is 15.7. The minimum atomic E-state index is -0.272. The highest BCUT2D eigenvalue weighted by molar-refractivity contribution is 7.99. The number of carbonyl (C=O) groups is 2. The van der Waals surface area contributed by atoms with Crippen molar-refractivity contribution in [1.82, 2.24) is 5.32 Å². The van der Waals surface area contributed by atoms with Crippen LogP contribution in [0.5, 0.6) is 5.75 Å². The van der Waals surface area contributed by atoms with E-state index in [4.69, 9.17) is 4.74 Å². The third kappa shape index (κ3) is 6.19. The number of hydrogen-bond acceptors (Lipinski definition) is 4. The van der Waals surface area contributed by atoms with Crippen LogP contribution in [0.2, 0.25) is 0 Å². The predicted molar refractivity (Wildman–Crippen MR) is 102 cm³/mol. The number of Topliss-reactive ketones (excluding diaryl/α,β-unsaturated/α-hetero) is 1. The highest BCUT2D eigenvalue weighted by atomic mass is 32.2. The first-order chi connectivity index (χ1) is 12.5. The lowest BCUT2D eigenvalue weighted by molar-refractivity contribution is -0.118. The monoisotopic (exact) mass is 375 g/mol. The van der Waals surface area contributed by atoms with E-state index in [9.17, 15) is 14.0 Å². The largest absolute Gasteiger partial charge is 0.496 e. The van der Waals surface area contributed by atoms with Crippen LogP contribution in [0.3, 0.4) is 0 Å². The molecular weight excluding hydrogens is 353 g/mol. The number of carbonyl (C=O) groups excluding carboxylic acids is 2. The van der Waals surface area contributed by atoms with Crippen LogP contribution in [0, 0.1) is 5.82 Å². The molecule has 26 heavy (non-hydrogen) atoms. The standard InChI is InChI=1S/C20H22FNO3S/c1-14(23)16-6-7-19(25-2)17(11-16)12-26-13-20(24)22-9-8-15-4-3-5-18(21)10-15/h3-7,10-11H,8-9,12-13H2,1-2H3,(H,22,24). The Morgan fingerprint density at radius 2 is 2.00 bits per heavy atom. The van der Waals surface area contributed by atoms with E-state index in [0.717, 1.165) is 11.1 Å². The molecule has 0 saturated carbocycles. The van der Waals surface area contributed by atoms with Crippen LogP contribution in [0.15, 0.2) is 42.5 Å². The van der Waals surface area contributed by atoms with Crippen LogP contribution in [-0.2, 0) is 17.0 Å². The van der Waals surface area contributed by atoms with E-state index in [1.807, 2.05) is 6.07 Å². The van der Waals surface area contributed by atoms with Gasteiger partial charge in [0, 0.05) is 23.4 Å². The molecule has 4 nitrogen and oxygen atoms in total. The zero-order chi connectivity index (χ0) is 18.9. The second-order valence-electron chi connectivity index (χ2n) is 5.81. The summed E-state index contributed by atoms with van der Waals surface area (Å²) in [6.45, 7) is 1.98. The van der Waals surface area contributed by atoms with E-state index in [1.165, 1.54) is 30.8 Å². The molecule has 0 aliphatic carbocycles. The van der Waals surface area contributed by atoms with Crippen molar-refractivity contribution >= 4 is 23.5 Å². The Labute approximate surface area is 157 Å². The first-order valence-corrected chi connectivity index (χ1v) is 9.42. The number of methoxy groups -OCH3 is 1. The summed E-state index contributed by atoms with van der Waals surface area (Å²) in [5, 5.41) is 2.83. The van der Waals surface area contributed by atoms with Crippen molar-refractivity contribution in [2.45, 2.75) is 19.1 Å². The third-order valence-corrected chi connectivity index (χ3v) is 4.78. The molecule has 0 radical (unpaired) electrons. The minimum Gasteiger partial charge on any atom is -0.496 e.